The van der Waals surface area contributed by atoms with Crippen molar-refractivity contribution in [2.75, 3.05) is 13.6 Å². The first-order chi connectivity index (χ1) is 16.1. The van der Waals surface area contributed by atoms with E-state index in [1.165, 1.54) is 69.1 Å². The van der Waals surface area contributed by atoms with Crippen LogP contribution < -0.4 is 5.32 Å². The molecule has 1 aliphatic rings. The van der Waals surface area contributed by atoms with Crippen molar-refractivity contribution in [2.45, 2.75) is 84.0 Å². The van der Waals surface area contributed by atoms with Crippen LogP contribution in [0.2, 0.25) is 0 Å². The average Bonchev–Trinajstić information content (AvgIpc) is 3.26. The number of nitrogens with one attached hydrogen (secondary N) is 1. The zero-order chi connectivity index (χ0) is 23.6. The van der Waals surface area contributed by atoms with Crippen LogP contribution in [-0.4, -0.2) is 34.9 Å². The highest BCUT2D eigenvalue weighted by Crippen LogP contribution is 2.33. The van der Waals surface area contributed by atoms with Crippen LogP contribution in [0.25, 0.3) is 16.5 Å². The van der Waals surface area contributed by atoms with Crippen molar-refractivity contribution in [1.82, 2.24) is 14.8 Å². The molecular weight excluding hydrogens is 410 g/mol. The SMILES string of the molecule is CCCCCCCCCCCCCCNC1=C(c2cn(C)c3ccccc23)C(=O)N(C)C1=O. The Morgan fingerprint density at radius 3 is 1.97 bits per heavy atom. The maximum Gasteiger partial charge on any atom is 0.277 e. The number of imide groups is 1. The Morgan fingerprint density at radius 2 is 1.33 bits per heavy atom. The lowest BCUT2D eigenvalue weighted by Gasteiger charge is -2.09. The van der Waals surface area contributed by atoms with E-state index in [4.69, 9.17) is 0 Å². The van der Waals surface area contributed by atoms with E-state index in [9.17, 15) is 9.59 Å². The Hall–Kier alpha value is -2.56. The maximum atomic E-state index is 12.9. The summed E-state index contributed by atoms with van der Waals surface area (Å²) in [6.07, 6.45) is 17.6. The molecule has 0 bridgehead atoms. The minimum Gasteiger partial charge on any atom is -0.380 e. The average molecular weight is 452 g/mol. The fourth-order valence-electron chi connectivity index (χ4n) is 4.78. The summed E-state index contributed by atoms with van der Waals surface area (Å²) in [6.45, 7) is 2.98. The zero-order valence-electron chi connectivity index (χ0n) is 20.8. The molecule has 0 unspecified atom stereocenters. The number of likely N-dealkylation sites (N-methyl/N-ethyl adjacent to an activating group) is 1. The Kier molecular flexibility index (Phi) is 9.59. The minimum atomic E-state index is -0.234. The van der Waals surface area contributed by atoms with E-state index < -0.39 is 0 Å². The van der Waals surface area contributed by atoms with Gasteiger partial charge in [0.1, 0.15) is 5.70 Å². The van der Waals surface area contributed by atoms with Gasteiger partial charge in [-0.3, -0.25) is 14.5 Å². The number of unbranched alkanes of at least 4 members (excludes halogenated alkanes) is 11. The van der Waals surface area contributed by atoms with Crippen LogP contribution in [0.4, 0.5) is 0 Å². The predicted molar refractivity (Wildman–Crippen MR) is 137 cm³/mol. The summed E-state index contributed by atoms with van der Waals surface area (Å²) in [4.78, 5) is 26.9. The van der Waals surface area contributed by atoms with Gasteiger partial charge in [-0.05, 0) is 12.5 Å². The number of aromatic nitrogens is 1. The van der Waals surface area contributed by atoms with Crippen molar-refractivity contribution in [1.29, 1.82) is 0 Å². The molecule has 0 radical (unpaired) electrons. The van der Waals surface area contributed by atoms with Gasteiger partial charge in [0.25, 0.3) is 11.8 Å². The Morgan fingerprint density at radius 1 is 0.758 bits per heavy atom. The fourth-order valence-corrected chi connectivity index (χ4v) is 4.78. The Balaban J connectivity index is 1.46. The predicted octanol–water partition coefficient (Wildman–Crippen LogP) is 6.18. The fraction of sp³-hybridized carbons (Fsp3) is 0.571. The Labute approximate surface area is 199 Å². The van der Waals surface area contributed by atoms with Crippen LogP contribution in [0.1, 0.15) is 89.5 Å². The van der Waals surface area contributed by atoms with Crippen molar-refractivity contribution in [3.63, 3.8) is 0 Å². The first kappa shape index (κ1) is 25.1. The van der Waals surface area contributed by atoms with Crippen molar-refractivity contribution < 1.29 is 9.59 Å². The number of para-hydroxylation sites is 1. The van der Waals surface area contributed by atoms with Gasteiger partial charge < -0.3 is 9.88 Å². The van der Waals surface area contributed by atoms with Gasteiger partial charge in [0.05, 0.1) is 5.57 Å². The van der Waals surface area contributed by atoms with E-state index in [0.29, 0.717) is 17.8 Å². The second-order valence-electron chi connectivity index (χ2n) is 9.41. The quantitative estimate of drug-likeness (QED) is 0.260. The highest BCUT2D eigenvalue weighted by molar-refractivity contribution is 6.36. The highest BCUT2D eigenvalue weighted by atomic mass is 16.2. The van der Waals surface area contributed by atoms with Gasteiger partial charge in [-0.2, -0.15) is 0 Å². The van der Waals surface area contributed by atoms with Gasteiger partial charge in [-0.15, -0.1) is 0 Å². The molecule has 1 aromatic heterocycles. The van der Waals surface area contributed by atoms with Crippen LogP contribution in [0.3, 0.4) is 0 Å². The van der Waals surface area contributed by atoms with Crippen LogP contribution in [0.5, 0.6) is 0 Å². The number of hydrogen-bond acceptors (Lipinski definition) is 3. The monoisotopic (exact) mass is 451 g/mol. The normalized spacial score (nSPS) is 14.2. The number of carbonyl (C=O) groups excluding carboxylic acids is 2. The van der Waals surface area contributed by atoms with E-state index >= 15 is 0 Å². The van der Waals surface area contributed by atoms with E-state index in [1.807, 2.05) is 42.1 Å². The molecule has 1 aromatic carbocycles. The third-order valence-corrected chi connectivity index (χ3v) is 6.79. The van der Waals surface area contributed by atoms with Crippen molar-refractivity contribution >= 4 is 28.3 Å². The molecular formula is C28H41N3O2. The standard InChI is InChI=1S/C28H41N3O2/c1-4-5-6-7-8-9-10-11-12-13-14-17-20-29-26-25(27(32)31(3)28(26)33)23-21-30(2)24-19-16-15-18-22(23)24/h15-16,18-19,21,29H,4-14,17,20H2,1-3H3. The summed E-state index contributed by atoms with van der Waals surface area (Å²) in [5.41, 5.74) is 2.82. The summed E-state index contributed by atoms with van der Waals surface area (Å²) in [6, 6.07) is 8.00. The molecule has 0 aliphatic carbocycles. The molecule has 0 spiro atoms. The summed E-state index contributed by atoms with van der Waals surface area (Å²) < 4.78 is 2.01. The summed E-state index contributed by atoms with van der Waals surface area (Å²) in [5, 5.41) is 4.30. The maximum absolute atomic E-state index is 12.9. The van der Waals surface area contributed by atoms with Gasteiger partial charge in [-0.1, -0.05) is 95.8 Å². The van der Waals surface area contributed by atoms with E-state index in [0.717, 1.165) is 29.3 Å². The summed E-state index contributed by atoms with van der Waals surface area (Å²) in [5.74, 6) is -0.463. The highest BCUT2D eigenvalue weighted by Gasteiger charge is 2.37. The lowest BCUT2D eigenvalue weighted by molar-refractivity contribution is -0.135. The Bertz CT molecular complexity index is 973. The van der Waals surface area contributed by atoms with Crippen molar-refractivity contribution in [3.05, 3.63) is 41.7 Å². The third kappa shape index (κ3) is 6.27. The first-order valence-corrected chi connectivity index (χ1v) is 12.9. The summed E-state index contributed by atoms with van der Waals surface area (Å²) >= 11 is 0. The number of fused-ring (bicyclic) bond motifs is 1. The number of rotatable bonds is 15. The smallest absolute Gasteiger partial charge is 0.277 e. The topological polar surface area (TPSA) is 54.3 Å². The number of aryl methyl sites for hydroxylation is 1. The van der Waals surface area contributed by atoms with Gasteiger partial charge in [-0.25, -0.2) is 0 Å². The lowest BCUT2D eigenvalue weighted by Crippen LogP contribution is -2.30. The molecule has 33 heavy (non-hydrogen) atoms. The molecule has 180 valence electrons. The molecule has 2 amide bonds. The summed E-state index contributed by atoms with van der Waals surface area (Å²) in [7, 11) is 3.53. The number of benzene rings is 1. The van der Waals surface area contributed by atoms with Crippen molar-refractivity contribution in [2.24, 2.45) is 7.05 Å². The number of nitrogens with zero attached hydrogens (tertiary/aromatic N) is 2. The molecule has 3 rings (SSSR count). The van der Waals surface area contributed by atoms with Gasteiger partial charge in [0.2, 0.25) is 0 Å². The molecule has 1 aliphatic heterocycles. The van der Waals surface area contributed by atoms with E-state index in [2.05, 4.69) is 12.2 Å². The van der Waals surface area contributed by atoms with Crippen LogP contribution in [0, 0.1) is 0 Å². The van der Waals surface area contributed by atoms with Crippen LogP contribution in [-0.2, 0) is 16.6 Å². The zero-order valence-corrected chi connectivity index (χ0v) is 20.8. The molecule has 0 fully saturated rings. The second-order valence-corrected chi connectivity index (χ2v) is 9.41. The largest absolute Gasteiger partial charge is 0.380 e. The van der Waals surface area contributed by atoms with E-state index in [1.54, 1.807) is 7.05 Å². The number of hydrogen-bond donors (Lipinski definition) is 1. The molecule has 2 heterocycles. The van der Waals surface area contributed by atoms with E-state index in [-0.39, 0.29) is 11.8 Å². The second kappa shape index (κ2) is 12.6. The van der Waals surface area contributed by atoms with Crippen molar-refractivity contribution in [3.8, 4) is 0 Å². The molecule has 0 saturated heterocycles. The molecule has 5 nitrogen and oxygen atoms in total. The molecule has 1 N–H and O–H groups in total. The number of amides is 2. The van der Waals surface area contributed by atoms with Crippen LogP contribution in [0.15, 0.2) is 36.2 Å². The first-order valence-electron chi connectivity index (χ1n) is 12.9. The molecule has 5 heteroatoms. The molecule has 0 saturated carbocycles. The van der Waals surface area contributed by atoms with Gasteiger partial charge >= 0.3 is 0 Å². The van der Waals surface area contributed by atoms with Crippen LogP contribution >= 0.6 is 0 Å². The van der Waals surface area contributed by atoms with Gasteiger partial charge in [0, 0.05) is 43.3 Å². The minimum absolute atomic E-state index is 0.228. The van der Waals surface area contributed by atoms with Gasteiger partial charge in [0.15, 0.2) is 0 Å². The molecule has 0 atom stereocenters. The third-order valence-electron chi connectivity index (χ3n) is 6.79. The lowest BCUT2D eigenvalue weighted by atomic mass is 10.0. The number of carbonyl (C=O) groups is 2. The molecule has 2 aromatic rings.